The first-order chi connectivity index (χ1) is 8.33. The van der Waals surface area contributed by atoms with Crippen molar-refractivity contribution in [2.75, 3.05) is 52.5 Å². The van der Waals surface area contributed by atoms with Gasteiger partial charge >= 0.3 is 0 Å². The summed E-state index contributed by atoms with van der Waals surface area (Å²) in [6, 6.07) is 0. The largest absolute Gasteiger partial charge is 0.382 e. The zero-order valence-corrected chi connectivity index (χ0v) is 12.1. The molecule has 0 aromatic rings. The third-order valence-corrected chi connectivity index (χ3v) is 2.86. The molecule has 1 saturated heterocycles. The predicted octanol–water partition coefficient (Wildman–Crippen LogP) is 0.246. The van der Waals surface area contributed by atoms with E-state index in [0.717, 1.165) is 52.3 Å². The molecule has 1 heterocycles. The van der Waals surface area contributed by atoms with Gasteiger partial charge in [-0.2, -0.15) is 0 Å². The van der Waals surface area contributed by atoms with Gasteiger partial charge in [-0.1, -0.05) is 0 Å². The second kappa shape index (κ2) is 11.7. The van der Waals surface area contributed by atoms with Gasteiger partial charge in [-0.3, -0.25) is 9.69 Å². The number of nitrogens with zero attached hydrogens (tertiary/aromatic N) is 1. The van der Waals surface area contributed by atoms with Crippen LogP contribution in [0.4, 0.5) is 0 Å². The summed E-state index contributed by atoms with van der Waals surface area (Å²) in [5.41, 5.74) is 0. The zero-order valence-electron chi connectivity index (χ0n) is 11.2. The van der Waals surface area contributed by atoms with Gasteiger partial charge in [0.1, 0.15) is 0 Å². The summed E-state index contributed by atoms with van der Waals surface area (Å²) >= 11 is 0. The van der Waals surface area contributed by atoms with Crippen LogP contribution in [0.2, 0.25) is 0 Å². The Morgan fingerprint density at radius 1 is 1.39 bits per heavy atom. The Labute approximate surface area is 116 Å². The van der Waals surface area contributed by atoms with Crippen molar-refractivity contribution < 1.29 is 9.53 Å². The van der Waals surface area contributed by atoms with Gasteiger partial charge in [0, 0.05) is 58.9 Å². The van der Waals surface area contributed by atoms with Crippen molar-refractivity contribution >= 4 is 18.3 Å². The number of rotatable bonds is 8. The van der Waals surface area contributed by atoms with Crippen LogP contribution >= 0.6 is 12.4 Å². The second-order valence-corrected chi connectivity index (χ2v) is 4.24. The van der Waals surface area contributed by atoms with E-state index in [-0.39, 0.29) is 18.3 Å². The molecule has 2 N–H and O–H groups in total. The lowest BCUT2D eigenvalue weighted by molar-refractivity contribution is -0.121. The van der Waals surface area contributed by atoms with Crippen LogP contribution in [0.5, 0.6) is 0 Å². The molecule has 0 radical (unpaired) electrons. The molecule has 0 unspecified atom stereocenters. The number of ether oxygens (including phenoxy) is 1. The quantitative estimate of drug-likeness (QED) is 0.626. The fourth-order valence-corrected chi connectivity index (χ4v) is 1.86. The Bertz CT molecular complexity index is 211. The molecule has 18 heavy (non-hydrogen) atoms. The number of hydrogen-bond donors (Lipinski definition) is 2. The summed E-state index contributed by atoms with van der Waals surface area (Å²) in [6.07, 6.45) is 1.38. The first-order valence-electron chi connectivity index (χ1n) is 6.60. The summed E-state index contributed by atoms with van der Waals surface area (Å²) in [6.45, 7) is 9.37. The molecular formula is C12H26ClN3O2. The normalized spacial score (nSPS) is 16.1. The molecule has 1 aliphatic heterocycles. The molecule has 0 spiro atoms. The minimum Gasteiger partial charge on any atom is -0.382 e. The van der Waals surface area contributed by atoms with Crippen molar-refractivity contribution in [3.8, 4) is 0 Å². The van der Waals surface area contributed by atoms with Gasteiger partial charge in [0.15, 0.2) is 0 Å². The van der Waals surface area contributed by atoms with Crippen molar-refractivity contribution in [1.82, 2.24) is 15.5 Å². The first-order valence-corrected chi connectivity index (χ1v) is 6.60. The SMILES string of the molecule is CCOCCCC(=O)NCCN1CCNCC1.Cl. The first kappa shape index (κ1) is 17.6. The molecule has 0 saturated carbocycles. The van der Waals surface area contributed by atoms with Gasteiger partial charge in [-0.05, 0) is 13.3 Å². The van der Waals surface area contributed by atoms with Crippen molar-refractivity contribution in [2.45, 2.75) is 19.8 Å². The molecule has 5 nitrogen and oxygen atoms in total. The van der Waals surface area contributed by atoms with E-state index in [1.807, 2.05) is 6.92 Å². The van der Waals surface area contributed by atoms with Crippen LogP contribution in [-0.2, 0) is 9.53 Å². The molecule has 0 atom stereocenters. The van der Waals surface area contributed by atoms with E-state index in [1.165, 1.54) is 0 Å². The van der Waals surface area contributed by atoms with Crippen molar-refractivity contribution in [1.29, 1.82) is 0 Å². The predicted molar refractivity (Wildman–Crippen MR) is 75.3 cm³/mol. The zero-order chi connectivity index (χ0) is 12.3. The van der Waals surface area contributed by atoms with Gasteiger partial charge in [0.2, 0.25) is 5.91 Å². The van der Waals surface area contributed by atoms with Crippen LogP contribution < -0.4 is 10.6 Å². The number of hydrogen-bond acceptors (Lipinski definition) is 4. The van der Waals surface area contributed by atoms with E-state index < -0.39 is 0 Å². The fraction of sp³-hybridized carbons (Fsp3) is 0.917. The summed E-state index contributed by atoms with van der Waals surface area (Å²) in [7, 11) is 0. The molecule has 0 aromatic heterocycles. The Morgan fingerprint density at radius 2 is 2.11 bits per heavy atom. The lowest BCUT2D eigenvalue weighted by Crippen LogP contribution is -2.46. The van der Waals surface area contributed by atoms with E-state index >= 15 is 0 Å². The second-order valence-electron chi connectivity index (χ2n) is 4.24. The number of carbonyl (C=O) groups excluding carboxylic acids is 1. The van der Waals surface area contributed by atoms with Crippen LogP contribution in [0.3, 0.4) is 0 Å². The van der Waals surface area contributed by atoms with Gasteiger partial charge in [-0.25, -0.2) is 0 Å². The fourth-order valence-electron chi connectivity index (χ4n) is 1.86. The maximum Gasteiger partial charge on any atom is 0.220 e. The number of carbonyl (C=O) groups is 1. The van der Waals surface area contributed by atoms with Gasteiger partial charge in [0.05, 0.1) is 0 Å². The molecule has 0 bridgehead atoms. The van der Waals surface area contributed by atoms with E-state index in [2.05, 4.69) is 15.5 Å². The molecule has 1 fully saturated rings. The molecular weight excluding hydrogens is 254 g/mol. The van der Waals surface area contributed by atoms with Crippen LogP contribution in [0.1, 0.15) is 19.8 Å². The molecule has 1 amide bonds. The van der Waals surface area contributed by atoms with Gasteiger partial charge in [0.25, 0.3) is 0 Å². The van der Waals surface area contributed by atoms with Crippen LogP contribution in [0, 0.1) is 0 Å². The summed E-state index contributed by atoms with van der Waals surface area (Å²) in [5, 5.41) is 6.26. The molecule has 1 rings (SSSR count). The minimum atomic E-state index is 0. The maximum atomic E-state index is 11.5. The standard InChI is InChI=1S/C12H25N3O2.ClH/c1-2-17-11-3-4-12(16)14-7-10-15-8-5-13-6-9-15;/h13H,2-11H2,1H3,(H,14,16);1H. The van der Waals surface area contributed by atoms with E-state index in [9.17, 15) is 4.79 Å². The molecule has 1 aliphatic rings. The maximum absolute atomic E-state index is 11.5. The highest BCUT2D eigenvalue weighted by Gasteiger charge is 2.09. The van der Waals surface area contributed by atoms with Gasteiger partial charge in [-0.15, -0.1) is 12.4 Å². The Balaban J connectivity index is 0.00000289. The number of halogens is 1. The highest BCUT2D eigenvalue weighted by molar-refractivity contribution is 5.85. The van der Waals surface area contributed by atoms with E-state index in [4.69, 9.17) is 4.74 Å². The van der Waals surface area contributed by atoms with Crippen LogP contribution in [0.25, 0.3) is 0 Å². The lowest BCUT2D eigenvalue weighted by Gasteiger charge is -2.27. The highest BCUT2D eigenvalue weighted by Crippen LogP contribution is 1.92. The van der Waals surface area contributed by atoms with Crippen molar-refractivity contribution in [2.24, 2.45) is 0 Å². The number of nitrogens with one attached hydrogen (secondary N) is 2. The molecule has 6 heteroatoms. The minimum absolute atomic E-state index is 0. The van der Waals surface area contributed by atoms with Crippen molar-refractivity contribution in [3.05, 3.63) is 0 Å². The van der Waals surface area contributed by atoms with Crippen molar-refractivity contribution in [3.63, 3.8) is 0 Å². The summed E-state index contributed by atoms with van der Waals surface area (Å²) in [4.78, 5) is 13.8. The van der Waals surface area contributed by atoms with Gasteiger partial charge < -0.3 is 15.4 Å². The third-order valence-electron chi connectivity index (χ3n) is 2.86. The molecule has 0 aliphatic carbocycles. The monoisotopic (exact) mass is 279 g/mol. The highest BCUT2D eigenvalue weighted by atomic mass is 35.5. The average Bonchev–Trinajstić information content (AvgIpc) is 2.36. The molecule has 108 valence electrons. The molecule has 0 aromatic carbocycles. The Morgan fingerprint density at radius 3 is 2.78 bits per heavy atom. The third kappa shape index (κ3) is 8.69. The number of amides is 1. The van der Waals surface area contributed by atoms with E-state index in [1.54, 1.807) is 0 Å². The van der Waals surface area contributed by atoms with Crippen LogP contribution in [-0.4, -0.2) is 63.3 Å². The summed E-state index contributed by atoms with van der Waals surface area (Å²) in [5.74, 6) is 0.139. The smallest absolute Gasteiger partial charge is 0.220 e. The Kier molecular flexibility index (Phi) is 11.5. The van der Waals surface area contributed by atoms with E-state index in [0.29, 0.717) is 13.0 Å². The Hall–Kier alpha value is -0.360. The van der Waals surface area contributed by atoms with Crippen LogP contribution in [0.15, 0.2) is 0 Å². The lowest BCUT2D eigenvalue weighted by atomic mass is 10.3. The summed E-state index contributed by atoms with van der Waals surface area (Å²) < 4.78 is 5.19. The topological polar surface area (TPSA) is 53.6 Å². The number of piperazine rings is 1. The average molecular weight is 280 g/mol.